The third-order valence-electron chi connectivity index (χ3n) is 6.77. The Labute approximate surface area is 251 Å². The molecule has 4 aromatic carbocycles. The van der Waals surface area contributed by atoms with Gasteiger partial charge in [-0.1, -0.05) is 84.4 Å². The molecule has 0 aromatic heterocycles. The number of hydrogen-bond acceptors (Lipinski definition) is 5. The molecule has 0 radical (unpaired) electrons. The van der Waals surface area contributed by atoms with Gasteiger partial charge in [0, 0.05) is 31.1 Å². The first-order valence-corrected chi connectivity index (χ1v) is 15.1. The van der Waals surface area contributed by atoms with Crippen molar-refractivity contribution in [3.8, 4) is 5.75 Å². The van der Waals surface area contributed by atoms with Crippen molar-refractivity contribution in [2.75, 3.05) is 25.0 Å². The summed E-state index contributed by atoms with van der Waals surface area (Å²) in [5.41, 5.74) is 1.70. The Morgan fingerprint density at radius 3 is 2.17 bits per heavy atom. The Morgan fingerprint density at radius 2 is 1.52 bits per heavy atom. The standard InChI is InChI=1S/C32H32ClN3O5S/c1-34-32(38)30(20-24-12-5-3-6-13-24)35(22-25-14-9-10-19-29(25)33)31(37)23-36(26-15-11-16-27(21-26)41-2)42(39,40)28-17-7-4-8-18-28/h3-19,21,30H,20,22-23H2,1-2H3,(H,34,38). The van der Waals surface area contributed by atoms with E-state index in [0.717, 1.165) is 9.87 Å². The van der Waals surface area contributed by atoms with Gasteiger partial charge in [-0.2, -0.15) is 0 Å². The molecule has 10 heteroatoms. The Balaban J connectivity index is 1.80. The second kappa shape index (κ2) is 14.0. The van der Waals surface area contributed by atoms with Crippen LogP contribution in [-0.2, 0) is 32.6 Å². The van der Waals surface area contributed by atoms with Crippen LogP contribution in [0.3, 0.4) is 0 Å². The normalized spacial score (nSPS) is 11.8. The van der Waals surface area contributed by atoms with Crippen LogP contribution in [0.1, 0.15) is 11.1 Å². The van der Waals surface area contributed by atoms with Crippen LogP contribution in [0.2, 0.25) is 5.02 Å². The second-order valence-electron chi connectivity index (χ2n) is 9.46. The molecule has 0 fully saturated rings. The predicted molar refractivity (Wildman–Crippen MR) is 164 cm³/mol. The van der Waals surface area contributed by atoms with Crippen LogP contribution in [0.15, 0.2) is 114 Å². The Morgan fingerprint density at radius 1 is 0.881 bits per heavy atom. The number of rotatable bonds is 12. The van der Waals surface area contributed by atoms with Gasteiger partial charge in [0.15, 0.2) is 0 Å². The monoisotopic (exact) mass is 605 g/mol. The quantitative estimate of drug-likeness (QED) is 0.247. The van der Waals surface area contributed by atoms with Crippen molar-refractivity contribution in [2.24, 2.45) is 0 Å². The van der Waals surface area contributed by atoms with Crippen molar-refractivity contribution in [2.45, 2.75) is 23.9 Å². The smallest absolute Gasteiger partial charge is 0.264 e. The zero-order valence-electron chi connectivity index (χ0n) is 23.3. The van der Waals surface area contributed by atoms with Crippen LogP contribution < -0.4 is 14.4 Å². The molecular formula is C32H32ClN3O5S. The van der Waals surface area contributed by atoms with Crippen LogP contribution in [0, 0.1) is 0 Å². The summed E-state index contributed by atoms with van der Waals surface area (Å²) in [6.45, 7) is -0.585. The third kappa shape index (κ3) is 7.29. The molecule has 1 unspecified atom stereocenters. The van der Waals surface area contributed by atoms with Gasteiger partial charge in [0.05, 0.1) is 17.7 Å². The van der Waals surface area contributed by atoms with Gasteiger partial charge in [0.1, 0.15) is 18.3 Å². The summed E-state index contributed by atoms with van der Waals surface area (Å²) >= 11 is 6.48. The molecule has 0 bridgehead atoms. The van der Waals surface area contributed by atoms with Crippen molar-refractivity contribution in [3.05, 3.63) is 125 Å². The second-order valence-corrected chi connectivity index (χ2v) is 11.7. The zero-order chi connectivity index (χ0) is 30.1. The molecule has 0 spiro atoms. The fourth-order valence-corrected chi connectivity index (χ4v) is 6.17. The number of benzene rings is 4. The Bertz CT molecular complexity index is 1620. The van der Waals surface area contributed by atoms with Crippen LogP contribution in [0.4, 0.5) is 5.69 Å². The van der Waals surface area contributed by atoms with Gasteiger partial charge in [-0.3, -0.25) is 13.9 Å². The molecule has 2 amide bonds. The highest BCUT2D eigenvalue weighted by molar-refractivity contribution is 7.92. The number of ether oxygens (including phenoxy) is 1. The largest absolute Gasteiger partial charge is 0.497 e. The van der Waals surface area contributed by atoms with Gasteiger partial charge < -0.3 is 15.0 Å². The number of amides is 2. The molecule has 0 saturated carbocycles. The average Bonchev–Trinajstić information content (AvgIpc) is 3.02. The molecule has 0 aliphatic carbocycles. The molecule has 218 valence electrons. The molecule has 42 heavy (non-hydrogen) atoms. The number of nitrogens with one attached hydrogen (secondary N) is 1. The fraction of sp³-hybridized carbons (Fsp3) is 0.188. The molecule has 1 atom stereocenters. The summed E-state index contributed by atoms with van der Waals surface area (Å²) < 4.78 is 34.3. The number of carbonyl (C=O) groups is 2. The molecule has 4 aromatic rings. The van der Waals surface area contributed by atoms with Crippen LogP contribution >= 0.6 is 11.6 Å². The van der Waals surface area contributed by atoms with E-state index in [2.05, 4.69) is 5.32 Å². The SMILES string of the molecule is CNC(=O)C(Cc1ccccc1)N(Cc1ccccc1Cl)C(=O)CN(c1cccc(OC)c1)S(=O)(=O)c1ccccc1. The Hall–Kier alpha value is -4.34. The number of methoxy groups -OCH3 is 1. The van der Waals surface area contributed by atoms with E-state index in [1.165, 1.54) is 31.2 Å². The number of likely N-dealkylation sites (N-methyl/N-ethyl adjacent to an activating group) is 1. The number of hydrogen-bond donors (Lipinski definition) is 1. The van der Waals surface area contributed by atoms with Gasteiger partial charge in [-0.15, -0.1) is 0 Å². The molecular weight excluding hydrogens is 574 g/mol. The van der Waals surface area contributed by atoms with Crippen molar-refractivity contribution >= 4 is 39.1 Å². The maximum atomic E-state index is 14.3. The van der Waals surface area contributed by atoms with Crippen molar-refractivity contribution in [3.63, 3.8) is 0 Å². The topological polar surface area (TPSA) is 96.0 Å². The van der Waals surface area contributed by atoms with E-state index in [9.17, 15) is 18.0 Å². The van der Waals surface area contributed by atoms with E-state index in [0.29, 0.717) is 16.3 Å². The molecule has 1 N–H and O–H groups in total. The molecule has 4 rings (SSSR count). The van der Waals surface area contributed by atoms with Crippen molar-refractivity contribution < 1.29 is 22.7 Å². The minimum absolute atomic E-state index is 0.0131. The van der Waals surface area contributed by atoms with Gasteiger partial charge in [0.25, 0.3) is 10.0 Å². The van der Waals surface area contributed by atoms with Crippen LogP contribution in [-0.4, -0.2) is 51.9 Å². The lowest BCUT2D eigenvalue weighted by molar-refractivity contribution is -0.139. The average molecular weight is 606 g/mol. The van der Waals surface area contributed by atoms with E-state index in [4.69, 9.17) is 16.3 Å². The number of carbonyl (C=O) groups excluding carboxylic acids is 2. The van der Waals surface area contributed by atoms with Crippen LogP contribution in [0.5, 0.6) is 5.75 Å². The minimum Gasteiger partial charge on any atom is -0.497 e. The summed E-state index contributed by atoms with van der Waals surface area (Å²) in [7, 11) is -1.22. The lowest BCUT2D eigenvalue weighted by Gasteiger charge is -2.33. The van der Waals surface area contributed by atoms with Crippen LogP contribution in [0.25, 0.3) is 0 Å². The molecule has 0 aliphatic rings. The maximum absolute atomic E-state index is 14.3. The van der Waals surface area contributed by atoms with Gasteiger partial charge in [0.2, 0.25) is 11.8 Å². The van der Waals surface area contributed by atoms with E-state index < -0.39 is 34.4 Å². The molecule has 0 aliphatic heterocycles. The van der Waals surface area contributed by atoms with Gasteiger partial charge >= 0.3 is 0 Å². The number of anilines is 1. The first kappa shape index (κ1) is 30.6. The number of sulfonamides is 1. The summed E-state index contributed by atoms with van der Waals surface area (Å²) in [6.07, 6.45) is 0.210. The summed E-state index contributed by atoms with van der Waals surface area (Å²) in [4.78, 5) is 29.0. The van der Waals surface area contributed by atoms with Crippen molar-refractivity contribution in [1.82, 2.24) is 10.2 Å². The molecule has 0 saturated heterocycles. The highest BCUT2D eigenvalue weighted by Gasteiger charge is 2.34. The fourth-order valence-electron chi connectivity index (χ4n) is 4.54. The van der Waals surface area contributed by atoms with E-state index >= 15 is 0 Å². The maximum Gasteiger partial charge on any atom is 0.264 e. The highest BCUT2D eigenvalue weighted by Crippen LogP contribution is 2.28. The van der Waals surface area contributed by atoms with E-state index in [1.807, 2.05) is 30.3 Å². The van der Waals surface area contributed by atoms with E-state index in [-0.39, 0.29) is 23.5 Å². The van der Waals surface area contributed by atoms with Gasteiger partial charge in [-0.05, 0) is 41.5 Å². The minimum atomic E-state index is -4.20. The highest BCUT2D eigenvalue weighted by atomic mass is 35.5. The molecule has 0 heterocycles. The van der Waals surface area contributed by atoms with Crippen molar-refractivity contribution in [1.29, 1.82) is 0 Å². The predicted octanol–water partition coefficient (Wildman–Crippen LogP) is 4.93. The summed E-state index contributed by atoms with van der Waals surface area (Å²) in [5.74, 6) is -0.548. The summed E-state index contributed by atoms with van der Waals surface area (Å²) in [6, 6.07) is 29.8. The van der Waals surface area contributed by atoms with E-state index in [1.54, 1.807) is 66.7 Å². The summed E-state index contributed by atoms with van der Waals surface area (Å²) in [5, 5.41) is 3.09. The number of nitrogens with zero attached hydrogens (tertiary/aromatic N) is 2. The third-order valence-corrected chi connectivity index (χ3v) is 8.92. The first-order valence-electron chi connectivity index (χ1n) is 13.2. The first-order chi connectivity index (χ1) is 20.2. The zero-order valence-corrected chi connectivity index (χ0v) is 24.9. The molecule has 8 nitrogen and oxygen atoms in total. The lowest BCUT2D eigenvalue weighted by atomic mass is 10.0. The lowest BCUT2D eigenvalue weighted by Crippen LogP contribution is -2.53. The Kier molecular flexibility index (Phi) is 10.2. The van der Waals surface area contributed by atoms with Gasteiger partial charge in [-0.25, -0.2) is 8.42 Å². The number of halogens is 1.